The first-order chi connectivity index (χ1) is 2.91. The van der Waals surface area contributed by atoms with Crippen LogP contribution in [0.25, 0.3) is 0 Å². The van der Waals surface area contributed by atoms with Crippen LogP contribution < -0.4 is 51.4 Å². The van der Waals surface area contributed by atoms with Gasteiger partial charge in [0.15, 0.2) is 0 Å². The molecule has 0 unspecified atom stereocenters. The van der Waals surface area contributed by atoms with Crippen molar-refractivity contribution in [1.29, 1.82) is 0 Å². The zero-order chi connectivity index (χ0) is 4.83. The summed E-state index contributed by atoms with van der Waals surface area (Å²) in [6, 6.07) is 0. The van der Waals surface area contributed by atoms with Crippen LogP contribution in [0.3, 0.4) is 0 Å². The summed E-state index contributed by atoms with van der Waals surface area (Å²) >= 11 is 0. The molecule has 0 amide bonds. The van der Waals surface area contributed by atoms with Crippen molar-refractivity contribution in [3.05, 3.63) is 0 Å². The zero-order valence-corrected chi connectivity index (χ0v) is 9.40. The normalized spacial score (nSPS) is 6.75. The molecule has 0 aromatic rings. The van der Waals surface area contributed by atoms with Gasteiger partial charge in [-0.15, -0.1) is 0 Å². The van der Waals surface area contributed by atoms with Gasteiger partial charge < -0.3 is 5.48 Å². The first-order valence-electron chi connectivity index (χ1n) is 2.91. The Morgan fingerprint density at radius 2 is 1.12 bits per heavy atom. The van der Waals surface area contributed by atoms with Crippen molar-refractivity contribution in [3.63, 3.8) is 0 Å². The summed E-state index contributed by atoms with van der Waals surface area (Å²) in [5, 5.41) is 0. The predicted molar refractivity (Wildman–Crippen MR) is 31.8 cm³/mol. The molecule has 0 spiro atoms. The van der Waals surface area contributed by atoms with Gasteiger partial charge in [-0.2, -0.15) is 0 Å². The number of hydrogen-bond donors (Lipinski definition) is 0. The Morgan fingerprint density at radius 1 is 0.875 bits per heavy atom. The van der Waals surface area contributed by atoms with Crippen LogP contribution in [0.5, 0.6) is 0 Å². The van der Waals surface area contributed by atoms with Gasteiger partial charge in [0.05, 0.1) is 0 Å². The maximum absolute atomic E-state index is 2.23. The smallest absolute Gasteiger partial charge is 0.870 e. The largest absolute Gasteiger partial charge is 1.00 e. The van der Waals surface area contributed by atoms with Crippen molar-refractivity contribution < 1.29 is 56.9 Å². The second kappa shape index (κ2) is 15.8. The Hall–Kier alpha value is 1.60. The molecule has 2 heteroatoms. The molecule has 8 heavy (non-hydrogen) atoms. The summed E-state index contributed by atoms with van der Waals surface area (Å²) < 4.78 is 0. The number of rotatable bonds is 3. The minimum atomic E-state index is 0. The van der Waals surface area contributed by atoms with Gasteiger partial charge >= 0.3 is 51.4 Å². The molecule has 0 bridgehead atoms. The first kappa shape index (κ1) is 16.3. The molecular weight excluding hydrogens is 127 g/mol. The summed E-state index contributed by atoms with van der Waals surface area (Å²) in [4.78, 5) is 0. The molecule has 0 saturated carbocycles. The van der Waals surface area contributed by atoms with Crippen molar-refractivity contribution in [2.75, 3.05) is 0 Å². The quantitative estimate of drug-likeness (QED) is 0.383. The standard InChI is InChI=1S/C6H14.K.H2O/c1-3-5-6-4-2;;/h3-6H2,1-2H3;;1H2/q;+1;/p-1. The van der Waals surface area contributed by atoms with Crippen molar-refractivity contribution in [1.82, 2.24) is 0 Å². The number of unbranched alkanes of at least 4 members (excludes halogenated alkanes) is 3. The molecule has 0 rings (SSSR count). The minimum absolute atomic E-state index is 0. The molecule has 0 aliphatic heterocycles. The fourth-order valence-electron chi connectivity index (χ4n) is 0.500. The summed E-state index contributed by atoms with van der Waals surface area (Å²) in [7, 11) is 0. The molecular formula is C6H15KO. The fourth-order valence-corrected chi connectivity index (χ4v) is 0.500. The molecule has 0 radical (unpaired) electrons. The predicted octanol–water partition coefficient (Wildman–Crippen LogP) is -0.586. The van der Waals surface area contributed by atoms with E-state index < -0.39 is 0 Å². The molecule has 0 aromatic carbocycles. The van der Waals surface area contributed by atoms with Crippen LogP contribution in [0.1, 0.15) is 39.5 Å². The Kier molecular flexibility index (Phi) is 32.3. The van der Waals surface area contributed by atoms with E-state index in [1.807, 2.05) is 0 Å². The second-order valence-corrected chi connectivity index (χ2v) is 1.71. The van der Waals surface area contributed by atoms with Gasteiger partial charge in [-0.05, 0) is 0 Å². The Bertz CT molecular complexity index is 20.5. The van der Waals surface area contributed by atoms with Crippen LogP contribution in [0.15, 0.2) is 0 Å². The molecule has 1 N–H and O–H groups in total. The van der Waals surface area contributed by atoms with Crippen LogP contribution >= 0.6 is 0 Å². The minimum Gasteiger partial charge on any atom is -0.870 e. The summed E-state index contributed by atoms with van der Waals surface area (Å²) in [6.45, 7) is 4.46. The van der Waals surface area contributed by atoms with E-state index in [2.05, 4.69) is 13.8 Å². The van der Waals surface area contributed by atoms with E-state index in [1.54, 1.807) is 0 Å². The van der Waals surface area contributed by atoms with Gasteiger partial charge in [-0.3, -0.25) is 0 Å². The Labute approximate surface area is 95.0 Å². The average Bonchev–Trinajstić information content (AvgIpc) is 1.61. The molecule has 0 fully saturated rings. The molecule has 46 valence electrons. The van der Waals surface area contributed by atoms with Crippen LogP contribution in [-0.4, -0.2) is 5.48 Å². The van der Waals surface area contributed by atoms with Gasteiger partial charge in [0.2, 0.25) is 0 Å². The van der Waals surface area contributed by atoms with E-state index in [-0.39, 0.29) is 56.9 Å². The van der Waals surface area contributed by atoms with E-state index >= 15 is 0 Å². The molecule has 1 nitrogen and oxygen atoms in total. The third-order valence-corrected chi connectivity index (χ3v) is 0.957. The maximum atomic E-state index is 2.23. The first-order valence-corrected chi connectivity index (χ1v) is 2.91. The average molecular weight is 142 g/mol. The van der Waals surface area contributed by atoms with Crippen molar-refractivity contribution >= 4 is 0 Å². The van der Waals surface area contributed by atoms with E-state index in [1.165, 1.54) is 25.7 Å². The van der Waals surface area contributed by atoms with Crippen molar-refractivity contribution in [3.8, 4) is 0 Å². The third kappa shape index (κ3) is 15.6. The Balaban J connectivity index is -0.000000125. The van der Waals surface area contributed by atoms with E-state index in [9.17, 15) is 0 Å². The van der Waals surface area contributed by atoms with Gasteiger partial charge in [-0.25, -0.2) is 0 Å². The number of hydrogen-bond acceptors (Lipinski definition) is 1. The molecule has 0 heterocycles. The monoisotopic (exact) mass is 142 g/mol. The van der Waals surface area contributed by atoms with Gasteiger partial charge in [0.1, 0.15) is 0 Å². The van der Waals surface area contributed by atoms with Crippen LogP contribution in [0, 0.1) is 0 Å². The molecule has 0 atom stereocenters. The summed E-state index contributed by atoms with van der Waals surface area (Å²) in [5.74, 6) is 0. The summed E-state index contributed by atoms with van der Waals surface area (Å²) in [5.41, 5.74) is 0. The maximum Gasteiger partial charge on any atom is 1.00 e. The Morgan fingerprint density at radius 3 is 1.25 bits per heavy atom. The van der Waals surface area contributed by atoms with Crippen molar-refractivity contribution in [2.45, 2.75) is 39.5 Å². The fraction of sp³-hybridized carbons (Fsp3) is 1.00. The molecule has 0 aliphatic rings. The van der Waals surface area contributed by atoms with E-state index in [0.717, 1.165) is 0 Å². The SMILES string of the molecule is CCCCCC.[K+].[OH-]. The third-order valence-electron chi connectivity index (χ3n) is 0.957. The van der Waals surface area contributed by atoms with Gasteiger partial charge in [0.25, 0.3) is 0 Å². The molecule has 0 aliphatic carbocycles. The van der Waals surface area contributed by atoms with Crippen LogP contribution in [0.4, 0.5) is 0 Å². The van der Waals surface area contributed by atoms with E-state index in [4.69, 9.17) is 0 Å². The van der Waals surface area contributed by atoms with Crippen LogP contribution in [-0.2, 0) is 0 Å². The van der Waals surface area contributed by atoms with Gasteiger partial charge in [-0.1, -0.05) is 39.5 Å². The van der Waals surface area contributed by atoms with Crippen molar-refractivity contribution in [2.24, 2.45) is 0 Å². The molecule has 0 aromatic heterocycles. The van der Waals surface area contributed by atoms with Crippen LogP contribution in [0.2, 0.25) is 0 Å². The summed E-state index contributed by atoms with van der Waals surface area (Å²) in [6.07, 6.45) is 5.54. The van der Waals surface area contributed by atoms with Gasteiger partial charge in [0, 0.05) is 0 Å². The van der Waals surface area contributed by atoms with E-state index in [0.29, 0.717) is 0 Å². The zero-order valence-electron chi connectivity index (χ0n) is 6.28. The second-order valence-electron chi connectivity index (χ2n) is 1.71. The molecule has 0 saturated heterocycles. The topological polar surface area (TPSA) is 30.0 Å².